The maximum atomic E-state index is 4.34. The number of nitrogens with zero attached hydrogens (tertiary/aromatic N) is 2. The number of hydrogen-bond acceptors (Lipinski definition) is 2. The van der Waals surface area contributed by atoms with E-state index in [1.807, 2.05) is 19.3 Å². The topological polar surface area (TPSA) is 25.8 Å². The Morgan fingerprint density at radius 3 is 2.77 bits per heavy atom. The number of allylic oxidation sites excluding steroid dienone is 4. The molecule has 13 heavy (non-hydrogen) atoms. The summed E-state index contributed by atoms with van der Waals surface area (Å²) in [6.07, 6.45) is 12.2. The van der Waals surface area contributed by atoms with Crippen molar-refractivity contribution in [2.24, 2.45) is 0 Å². The second-order valence-electron chi connectivity index (χ2n) is 3.20. The predicted octanol–water partition coefficient (Wildman–Crippen LogP) is 2.52. The normalized spacial score (nSPS) is 15.6. The highest BCUT2D eigenvalue weighted by molar-refractivity contribution is 5.64. The fraction of sp³-hybridized carbons (Fsp3) is 0.273. The van der Waals surface area contributed by atoms with Gasteiger partial charge >= 0.3 is 0 Å². The van der Waals surface area contributed by atoms with E-state index in [2.05, 4.69) is 28.2 Å². The molecule has 2 nitrogen and oxygen atoms in total. The predicted molar refractivity (Wildman–Crippen MR) is 53.1 cm³/mol. The molecule has 1 heterocycles. The van der Waals surface area contributed by atoms with Crippen LogP contribution in [0.3, 0.4) is 0 Å². The first kappa shape index (κ1) is 8.17. The van der Waals surface area contributed by atoms with E-state index in [0.29, 0.717) is 0 Å². The van der Waals surface area contributed by atoms with Gasteiger partial charge in [-0.05, 0) is 25.3 Å². The number of rotatable bonds is 1. The van der Waals surface area contributed by atoms with Gasteiger partial charge in [-0.25, -0.2) is 0 Å². The molecule has 2 heteroatoms. The van der Waals surface area contributed by atoms with Crippen LogP contribution in [-0.2, 0) is 0 Å². The summed E-state index contributed by atoms with van der Waals surface area (Å²) in [7, 11) is 0. The quantitative estimate of drug-likeness (QED) is 0.650. The average molecular weight is 172 g/mol. The Bertz CT molecular complexity index is 347. The first-order valence-corrected chi connectivity index (χ1v) is 4.51. The number of hydrogen-bond donors (Lipinski definition) is 0. The van der Waals surface area contributed by atoms with Crippen LogP contribution in [0.25, 0.3) is 5.57 Å². The van der Waals surface area contributed by atoms with E-state index in [1.165, 1.54) is 5.57 Å². The van der Waals surface area contributed by atoms with Crippen LogP contribution in [0.1, 0.15) is 24.2 Å². The van der Waals surface area contributed by atoms with E-state index in [1.54, 1.807) is 0 Å². The second kappa shape index (κ2) is 3.52. The molecule has 1 aromatic rings. The van der Waals surface area contributed by atoms with Crippen LogP contribution in [0.4, 0.5) is 0 Å². The van der Waals surface area contributed by atoms with Gasteiger partial charge in [-0.3, -0.25) is 9.97 Å². The highest BCUT2D eigenvalue weighted by atomic mass is 14.8. The summed E-state index contributed by atoms with van der Waals surface area (Å²) in [5.41, 5.74) is 3.26. The molecule has 0 saturated heterocycles. The van der Waals surface area contributed by atoms with E-state index in [-0.39, 0.29) is 0 Å². The molecule has 0 atom stereocenters. The van der Waals surface area contributed by atoms with Crippen molar-refractivity contribution >= 4 is 5.57 Å². The first-order chi connectivity index (χ1) is 6.36. The molecule has 0 bridgehead atoms. The molecule has 0 unspecified atom stereocenters. The minimum Gasteiger partial charge on any atom is -0.258 e. The zero-order valence-corrected chi connectivity index (χ0v) is 7.70. The maximum Gasteiger partial charge on any atom is 0.0845 e. The minimum atomic E-state index is 0.968. The van der Waals surface area contributed by atoms with Crippen molar-refractivity contribution in [3.05, 3.63) is 42.0 Å². The Hall–Kier alpha value is -1.44. The Labute approximate surface area is 78.0 Å². The molecule has 66 valence electrons. The SMILES string of the molecule is Cc1cnc(C2=CC=CCC2)cn1. The lowest BCUT2D eigenvalue weighted by Gasteiger charge is -2.07. The summed E-state index contributed by atoms with van der Waals surface area (Å²) in [5.74, 6) is 0. The van der Waals surface area contributed by atoms with Crippen LogP contribution in [0.15, 0.2) is 30.6 Å². The standard InChI is InChI=1S/C11H12N2/c1-9-7-13-11(8-12-9)10-5-3-2-4-6-10/h2-3,5,7-8H,4,6H2,1H3. The van der Waals surface area contributed by atoms with Crippen molar-refractivity contribution in [1.29, 1.82) is 0 Å². The van der Waals surface area contributed by atoms with Gasteiger partial charge in [0.25, 0.3) is 0 Å². The molecule has 1 aliphatic carbocycles. The second-order valence-corrected chi connectivity index (χ2v) is 3.20. The molecular formula is C11H12N2. The largest absolute Gasteiger partial charge is 0.258 e. The van der Waals surface area contributed by atoms with Crippen LogP contribution in [0.5, 0.6) is 0 Å². The van der Waals surface area contributed by atoms with Crippen LogP contribution in [-0.4, -0.2) is 9.97 Å². The van der Waals surface area contributed by atoms with Gasteiger partial charge in [-0.15, -0.1) is 0 Å². The molecule has 1 aliphatic rings. The Kier molecular flexibility index (Phi) is 2.21. The Balaban J connectivity index is 2.30. The first-order valence-electron chi connectivity index (χ1n) is 4.51. The van der Waals surface area contributed by atoms with Gasteiger partial charge in [0.2, 0.25) is 0 Å². The van der Waals surface area contributed by atoms with Crippen LogP contribution >= 0.6 is 0 Å². The van der Waals surface area contributed by atoms with Gasteiger partial charge < -0.3 is 0 Å². The lowest BCUT2D eigenvalue weighted by Crippen LogP contribution is -1.93. The molecule has 0 amide bonds. The zero-order valence-electron chi connectivity index (χ0n) is 7.70. The third-order valence-corrected chi connectivity index (χ3v) is 2.12. The van der Waals surface area contributed by atoms with Gasteiger partial charge in [0.05, 0.1) is 17.6 Å². The smallest absolute Gasteiger partial charge is 0.0845 e. The molecule has 0 aromatic carbocycles. The summed E-state index contributed by atoms with van der Waals surface area (Å²) >= 11 is 0. The molecule has 0 spiro atoms. The minimum absolute atomic E-state index is 0.968. The monoisotopic (exact) mass is 172 g/mol. The average Bonchev–Trinajstić information content (AvgIpc) is 2.20. The van der Waals surface area contributed by atoms with Crippen molar-refractivity contribution in [1.82, 2.24) is 9.97 Å². The van der Waals surface area contributed by atoms with Gasteiger partial charge in [-0.1, -0.05) is 18.2 Å². The van der Waals surface area contributed by atoms with E-state index < -0.39 is 0 Å². The Morgan fingerprint density at radius 1 is 1.23 bits per heavy atom. The van der Waals surface area contributed by atoms with E-state index in [0.717, 1.165) is 24.2 Å². The maximum absolute atomic E-state index is 4.34. The summed E-state index contributed by atoms with van der Waals surface area (Å²) in [4.78, 5) is 8.56. The van der Waals surface area contributed by atoms with Crippen LogP contribution < -0.4 is 0 Å². The highest BCUT2D eigenvalue weighted by Gasteiger charge is 2.03. The molecule has 0 N–H and O–H groups in total. The molecule has 0 radical (unpaired) electrons. The van der Waals surface area contributed by atoms with Gasteiger partial charge in [0, 0.05) is 6.20 Å². The summed E-state index contributed by atoms with van der Waals surface area (Å²) < 4.78 is 0. The number of aromatic nitrogens is 2. The van der Waals surface area contributed by atoms with Gasteiger partial charge in [-0.2, -0.15) is 0 Å². The molecule has 1 aromatic heterocycles. The summed E-state index contributed by atoms with van der Waals surface area (Å²) in [5, 5.41) is 0. The molecule has 0 aliphatic heterocycles. The Morgan fingerprint density at radius 2 is 2.15 bits per heavy atom. The van der Waals surface area contributed by atoms with Crippen molar-refractivity contribution in [2.45, 2.75) is 19.8 Å². The summed E-state index contributed by atoms with van der Waals surface area (Å²) in [6, 6.07) is 0. The highest BCUT2D eigenvalue weighted by Crippen LogP contribution is 2.20. The third-order valence-electron chi connectivity index (χ3n) is 2.12. The van der Waals surface area contributed by atoms with Crippen LogP contribution in [0.2, 0.25) is 0 Å². The lowest BCUT2D eigenvalue weighted by molar-refractivity contribution is 1.02. The van der Waals surface area contributed by atoms with Crippen molar-refractivity contribution in [3.8, 4) is 0 Å². The fourth-order valence-electron chi connectivity index (χ4n) is 1.37. The van der Waals surface area contributed by atoms with E-state index >= 15 is 0 Å². The number of aryl methyl sites for hydroxylation is 1. The molecular weight excluding hydrogens is 160 g/mol. The molecule has 0 saturated carbocycles. The van der Waals surface area contributed by atoms with Gasteiger partial charge in [0.15, 0.2) is 0 Å². The lowest BCUT2D eigenvalue weighted by atomic mass is 10.0. The molecule has 2 rings (SSSR count). The molecule has 0 fully saturated rings. The van der Waals surface area contributed by atoms with Crippen LogP contribution in [0, 0.1) is 6.92 Å². The van der Waals surface area contributed by atoms with Gasteiger partial charge in [0.1, 0.15) is 0 Å². The third kappa shape index (κ3) is 1.83. The van der Waals surface area contributed by atoms with Crippen molar-refractivity contribution < 1.29 is 0 Å². The fourth-order valence-corrected chi connectivity index (χ4v) is 1.37. The van der Waals surface area contributed by atoms with E-state index in [9.17, 15) is 0 Å². The van der Waals surface area contributed by atoms with Crippen molar-refractivity contribution in [2.75, 3.05) is 0 Å². The zero-order chi connectivity index (χ0) is 9.10. The van der Waals surface area contributed by atoms with E-state index in [4.69, 9.17) is 0 Å². The van der Waals surface area contributed by atoms with Crippen molar-refractivity contribution in [3.63, 3.8) is 0 Å². The summed E-state index contributed by atoms with van der Waals surface area (Å²) in [6.45, 7) is 1.95.